The molecule has 0 aromatic rings. The topological polar surface area (TPSA) is 87.2 Å². The number of nitrogens with two attached hydrogens (primary N) is 1. The Bertz CT molecular complexity index is 278. The van der Waals surface area contributed by atoms with E-state index in [2.05, 4.69) is 0 Å². The molecule has 0 bridgehead atoms. The summed E-state index contributed by atoms with van der Waals surface area (Å²) in [6, 6.07) is 1.89. The minimum Gasteiger partial charge on any atom is -0.368 e. The maximum atomic E-state index is 11.7. The Morgan fingerprint density at radius 1 is 1.50 bits per heavy atom. The van der Waals surface area contributed by atoms with Gasteiger partial charge in [-0.05, 0) is 20.8 Å². The molecule has 0 rings (SSSR count). The van der Waals surface area contributed by atoms with Crippen LogP contribution in [0.25, 0.3) is 0 Å². The predicted molar refractivity (Wildman–Crippen MR) is 50.8 cm³/mol. The van der Waals surface area contributed by atoms with Gasteiger partial charge >= 0.3 is 0 Å². The van der Waals surface area contributed by atoms with E-state index in [9.17, 15) is 9.59 Å². The molecular formula is C9H15N3O2. The number of nitriles is 1. The van der Waals surface area contributed by atoms with Crippen molar-refractivity contribution in [2.24, 2.45) is 11.1 Å². The zero-order chi connectivity index (χ0) is 11.4. The van der Waals surface area contributed by atoms with Gasteiger partial charge in [0.1, 0.15) is 5.41 Å². The third-order valence-corrected chi connectivity index (χ3v) is 1.83. The average molecular weight is 197 g/mol. The Morgan fingerprint density at radius 2 is 2.00 bits per heavy atom. The van der Waals surface area contributed by atoms with Crippen LogP contribution in [-0.2, 0) is 9.59 Å². The largest absolute Gasteiger partial charge is 0.368 e. The van der Waals surface area contributed by atoms with Gasteiger partial charge < -0.3 is 10.6 Å². The summed E-state index contributed by atoms with van der Waals surface area (Å²) < 4.78 is 0. The van der Waals surface area contributed by atoms with Gasteiger partial charge in [-0.15, -0.1) is 0 Å². The normalized spacial score (nSPS) is 10.4. The molecule has 0 aromatic carbocycles. The number of hydrogen-bond acceptors (Lipinski definition) is 3. The van der Waals surface area contributed by atoms with E-state index in [1.54, 1.807) is 6.92 Å². The molecule has 5 nitrogen and oxygen atoms in total. The zero-order valence-corrected chi connectivity index (χ0v) is 8.70. The van der Waals surface area contributed by atoms with Crippen LogP contribution in [0.5, 0.6) is 0 Å². The molecule has 2 amide bonds. The lowest BCUT2D eigenvalue weighted by Crippen LogP contribution is -2.44. The molecule has 0 saturated carbocycles. The first-order chi connectivity index (χ1) is 6.35. The van der Waals surface area contributed by atoms with Crippen molar-refractivity contribution in [1.82, 2.24) is 4.90 Å². The summed E-state index contributed by atoms with van der Waals surface area (Å²) in [5, 5.41) is 8.73. The summed E-state index contributed by atoms with van der Waals surface area (Å²) in [7, 11) is 0. The fraction of sp³-hybridized carbons (Fsp3) is 0.667. The Hall–Kier alpha value is -1.57. The van der Waals surface area contributed by atoms with Crippen molar-refractivity contribution in [3.63, 3.8) is 0 Å². The second-order valence-electron chi connectivity index (χ2n) is 3.52. The summed E-state index contributed by atoms with van der Waals surface area (Å²) in [5.74, 6) is -0.949. The van der Waals surface area contributed by atoms with Gasteiger partial charge in [-0.3, -0.25) is 9.59 Å². The monoisotopic (exact) mass is 197 g/mol. The van der Waals surface area contributed by atoms with E-state index in [0.29, 0.717) is 6.54 Å². The molecule has 0 aliphatic rings. The highest BCUT2D eigenvalue weighted by Gasteiger charge is 2.31. The maximum Gasteiger partial charge on any atom is 0.242 e. The number of carbonyl (C=O) groups excluding carboxylic acids is 2. The fourth-order valence-electron chi connectivity index (χ4n) is 0.958. The molecule has 0 aliphatic carbocycles. The second-order valence-corrected chi connectivity index (χ2v) is 3.52. The van der Waals surface area contributed by atoms with Gasteiger partial charge in [0, 0.05) is 6.54 Å². The van der Waals surface area contributed by atoms with Crippen LogP contribution in [0.3, 0.4) is 0 Å². The first-order valence-electron chi connectivity index (χ1n) is 4.34. The van der Waals surface area contributed by atoms with Crippen LogP contribution in [0.15, 0.2) is 0 Å². The predicted octanol–water partition coefficient (Wildman–Crippen LogP) is -0.130. The third-order valence-electron chi connectivity index (χ3n) is 1.83. The van der Waals surface area contributed by atoms with Crippen molar-refractivity contribution >= 4 is 11.8 Å². The highest BCUT2D eigenvalue weighted by atomic mass is 16.2. The summed E-state index contributed by atoms with van der Waals surface area (Å²) in [6.45, 7) is 4.99. The molecule has 0 saturated heterocycles. The fourth-order valence-corrected chi connectivity index (χ4v) is 0.958. The maximum absolute atomic E-state index is 11.7. The van der Waals surface area contributed by atoms with Gasteiger partial charge in [0.05, 0.1) is 12.6 Å². The number of carbonyl (C=O) groups is 2. The molecule has 5 heteroatoms. The van der Waals surface area contributed by atoms with Crippen molar-refractivity contribution in [2.75, 3.05) is 13.1 Å². The van der Waals surface area contributed by atoms with Crippen molar-refractivity contribution in [3.05, 3.63) is 0 Å². The molecule has 0 radical (unpaired) electrons. The Kier molecular flexibility index (Phi) is 4.09. The average Bonchev–Trinajstić information content (AvgIpc) is 2.12. The molecule has 78 valence electrons. The number of amides is 2. The van der Waals surface area contributed by atoms with E-state index < -0.39 is 11.3 Å². The van der Waals surface area contributed by atoms with E-state index >= 15 is 0 Å². The smallest absolute Gasteiger partial charge is 0.242 e. The molecule has 0 atom stereocenters. The number of nitrogens with zero attached hydrogens (tertiary/aromatic N) is 2. The van der Waals surface area contributed by atoms with Gasteiger partial charge in [0.15, 0.2) is 0 Å². The zero-order valence-electron chi connectivity index (χ0n) is 8.70. The van der Waals surface area contributed by atoms with Crippen LogP contribution < -0.4 is 5.73 Å². The molecule has 14 heavy (non-hydrogen) atoms. The molecule has 0 unspecified atom stereocenters. The molecule has 0 heterocycles. The standard InChI is InChI=1S/C9H15N3O2/c1-4-12(5-7(11)13)8(14)9(2,3)6-10/h4-5H2,1-3H3,(H2,11,13). The van der Waals surface area contributed by atoms with E-state index in [0.717, 1.165) is 0 Å². The molecule has 0 aliphatic heterocycles. The number of primary amides is 1. The van der Waals surface area contributed by atoms with Gasteiger partial charge in [-0.1, -0.05) is 0 Å². The lowest BCUT2D eigenvalue weighted by atomic mass is 9.94. The van der Waals surface area contributed by atoms with Gasteiger partial charge in [0.2, 0.25) is 11.8 Å². The lowest BCUT2D eigenvalue weighted by molar-refractivity contribution is -0.140. The van der Waals surface area contributed by atoms with E-state index in [1.807, 2.05) is 6.07 Å². The summed E-state index contributed by atoms with van der Waals surface area (Å²) >= 11 is 0. The van der Waals surface area contributed by atoms with Gasteiger partial charge in [0.25, 0.3) is 0 Å². The first kappa shape index (κ1) is 12.4. The van der Waals surface area contributed by atoms with Crippen molar-refractivity contribution < 1.29 is 9.59 Å². The van der Waals surface area contributed by atoms with Crippen LogP contribution in [-0.4, -0.2) is 29.8 Å². The highest BCUT2D eigenvalue weighted by Crippen LogP contribution is 2.16. The van der Waals surface area contributed by atoms with E-state index in [-0.39, 0.29) is 12.5 Å². The van der Waals surface area contributed by atoms with Gasteiger partial charge in [-0.25, -0.2) is 0 Å². The number of likely N-dealkylation sites (N-methyl/N-ethyl adjacent to an activating group) is 1. The minimum absolute atomic E-state index is 0.138. The van der Waals surface area contributed by atoms with Crippen molar-refractivity contribution in [3.8, 4) is 6.07 Å². The summed E-state index contributed by atoms with van der Waals surface area (Å²) in [5.41, 5.74) is 3.87. The van der Waals surface area contributed by atoms with Crippen molar-refractivity contribution in [2.45, 2.75) is 20.8 Å². The van der Waals surface area contributed by atoms with E-state index in [1.165, 1.54) is 18.7 Å². The van der Waals surface area contributed by atoms with Crippen LogP contribution in [0.1, 0.15) is 20.8 Å². The highest BCUT2D eigenvalue weighted by molar-refractivity contribution is 5.88. The second kappa shape index (κ2) is 4.61. The minimum atomic E-state index is -1.11. The lowest BCUT2D eigenvalue weighted by Gasteiger charge is -2.25. The number of rotatable bonds is 4. The molecule has 0 aromatic heterocycles. The van der Waals surface area contributed by atoms with Crippen LogP contribution >= 0.6 is 0 Å². The van der Waals surface area contributed by atoms with Crippen LogP contribution in [0.4, 0.5) is 0 Å². The summed E-state index contributed by atoms with van der Waals surface area (Å²) in [6.07, 6.45) is 0. The quantitative estimate of drug-likeness (QED) is 0.681. The molecular weight excluding hydrogens is 182 g/mol. The van der Waals surface area contributed by atoms with Crippen LogP contribution in [0, 0.1) is 16.7 Å². The Balaban J connectivity index is 4.64. The molecule has 0 fully saturated rings. The van der Waals surface area contributed by atoms with Gasteiger partial charge in [-0.2, -0.15) is 5.26 Å². The Labute approximate surface area is 83.5 Å². The number of hydrogen-bond donors (Lipinski definition) is 1. The SMILES string of the molecule is CCN(CC(N)=O)C(=O)C(C)(C)C#N. The van der Waals surface area contributed by atoms with Crippen LogP contribution in [0.2, 0.25) is 0 Å². The van der Waals surface area contributed by atoms with E-state index in [4.69, 9.17) is 11.0 Å². The first-order valence-corrected chi connectivity index (χ1v) is 4.34. The van der Waals surface area contributed by atoms with Crippen molar-refractivity contribution in [1.29, 1.82) is 5.26 Å². The Morgan fingerprint density at radius 3 is 2.29 bits per heavy atom. The summed E-state index contributed by atoms with van der Waals surface area (Å²) in [4.78, 5) is 23.6. The molecule has 2 N–H and O–H groups in total. The molecule has 0 spiro atoms. The third kappa shape index (κ3) is 3.05.